The highest BCUT2D eigenvalue weighted by Gasteiger charge is 2.08. The Morgan fingerprint density at radius 2 is 1.82 bits per heavy atom. The molecule has 0 saturated heterocycles. The fraction of sp³-hybridized carbons (Fsp3) is 0.176. The first-order chi connectivity index (χ1) is 10.5. The summed E-state index contributed by atoms with van der Waals surface area (Å²) in [6, 6.07) is 15.1. The maximum absolute atomic E-state index is 12.1. The van der Waals surface area contributed by atoms with Gasteiger partial charge in [0, 0.05) is 15.7 Å². The van der Waals surface area contributed by atoms with E-state index in [0.29, 0.717) is 11.5 Å². The van der Waals surface area contributed by atoms with Crippen molar-refractivity contribution >= 4 is 44.9 Å². The first kappa shape index (κ1) is 16.6. The summed E-state index contributed by atoms with van der Waals surface area (Å²) in [7, 11) is 0. The van der Waals surface area contributed by atoms with Crippen LogP contribution in [0.5, 0.6) is 0 Å². The van der Waals surface area contributed by atoms with Crippen LogP contribution in [0, 0.1) is 0 Å². The topological polar surface area (TPSA) is 41.1 Å². The fourth-order valence-corrected chi connectivity index (χ4v) is 2.53. The molecule has 0 aliphatic carbocycles. The second-order valence-corrected chi connectivity index (χ2v) is 6.52. The van der Waals surface area contributed by atoms with E-state index in [1.807, 2.05) is 48.5 Å². The molecule has 3 nitrogen and oxygen atoms in total. The first-order valence-electron chi connectivity index (χ1n) is 6.93. The molecule has 22 heavy (non-hydrogen) atoms. The molecule has 0 aliphatic rings. The minimum absolute atomic E-state index is 0.220. The highest BCUT2D eigenvalue weighted by molar-refractivity contribution is 9.10. The molecule has 0 fully saturated rings. The Morgan fingerprint density at radius 3 is 2.41 bits per heavy atom. The Bertz CT molecular complexity index is 683. The van der Waals surface area contributed by atoms with Gasteiger partial charge in [0.1, 0.15) is 0 Å². The van der Waals surface area contributed by atoms with Gasteiger partial charge in [-0.15, -0.1) is 0 Å². The molecule has 0 unspecified atom stereocenters. The lowest BCUT2D eigenvalue weighted by Crippen LogP contribution is -2.34. The molecule has 1 amide bonds. The maximum Gasteiger partial charge on any atom is 0.257 e. The number of carbonyl (C=O) groups excluding carboxylic acids is 1. The fourth-order valence-electron chi connectivity index (χ4n) is 1.92. The molecule has 0 aliphatic heterocycles. The van der Waals surface area contributed by atoms with Crippen molar-refractivity contribution in [1.29, 1.82) is 0 Å². The number of halogens is 1. The highest BCUT2D eigenvalue weighted by Crippen LogP contribution is 2.16. The highest BCUT2D eigenvalue weighted by atomic mass is 79.9. The van der Waals surface area contributed by atoms with Crippen molar-refractivity contribution in [2.24, 2.45) is 0 Å². The molecule has 0 spiro atoms. The molecular weight excluding hydrogens is 360 g/mol. The molecule has 0 saturated carbocycles. The lowest BCUT2D eigenvalue weighted by molar-refractivity contribution is 0.0977. The van der Waals surface area contributed by atoms with Crippen LogP contribution in [-0.2, 0) is 0 Å². The number of hydrogen-bond acceptors (Lipinski definition) is 2. The summed E-state index contributed by atoms with van der Waals surface area (Å²) in [5.41, 5.74) is 2.60. The van der Waals surface area contributed by atoms with E-state index in [4.69, 9.17) is 12.2 Å². The summed E-state index contributed by atoms with van der Waals surface area (Å²) in [6.45, 7) is 4.23. The van der Waals surface area contributed by atoms with E-state index in [2.05, 4.69) is 40.4 Å². The Hall–Kier alpha value is -1.72. The molecule has 2 aromatic rings. The van der Waals surface area contributed by atoms with Gasteiger partial charge in [0.25, 0.3) is 5.91 Å². The monoisotopic (exact) mass is 376 g/mol. The van der Waals surface area contributed by atoms with Crippen LogP contribution in [0.25, 0.3) is 0 Å². The van der Waals surface area contributed by atoms with E-state index in [1.54, 1.807) is 0 Å². The average molecular weight is 377 g/mol. The molecule has 0 radical (unpaired) electrons. The number of thiocarbonyl (C=S) groups is 1. The van der Waals surface area contributed by atoms with Crippen molar-refractivity contribution in [3.63, 3.8) is 0 Å². The number of anilines is 1. The predicted octanol–water partition coefficient (Wildman–Crippen LogP) is 4.70. The van der Waals surface area contributed by atoms with Crippen LogP contribution in [0.15, 0.2) is 53.0 Å². The molecule has 5 heteroatoms. The largest absolute Gasteiger partial charge is 0.332 e. The Morgan fingerprint density at radius 1 is 1.14 bits per heavy atom. The van der Waals surface area contributed by atoms with Gasteiger partial charge in [-0.3, -0.25) is 10.1 Å². The minimum atomic E-state index is -0.220. The van der Waals surface area contributed by atoms with Gasteiger partial charge in [0.15, 0.2) is 5.11 Å². The van der Waals surface area contributed by atoms with Crippen LogP contribution >= 0.6 is 28.1 Å². The number of benzene rings is 2. The summed E-state index contributed by atoms with van der Waals surface area (Å²) in [4.78, 5) is 12.1. The standard InChI is InChI=1S/C17H17BrN2OS/c1-11(2)12-6-8-13(9-7-12)16(21)20-17(22)19-15-5-3-4-14(18)10-15/h3-11H,1-2H3,(H2,19,20,21,22). The quantitative estimate of drug-likeness (QED) is 0.762. The summed E-state index contributed by atoms with van der Waals surface area (Å²) in [6.07, 6.45) is 0. The van der Waals surface area contributed by atoms with Crippen LogP contribution in [-0.4, -0.2) is 11.0 Å². The van der Waals surface area contributed by atoms with Crippen LogP contribution in [0.1, 0.15) is 35.7 Å². The molecular formula is C17H17BrN2OS. The van der Waals surface area contributed by atoms with Crippen LogP contribution in [0.2, 0.25) is 0 Å². The lowest BCUT2D eigenvalue weighted by atomic mass is 10.0. The van der Waals surface area contributed by atoms with Crippen molar-refractivity contribution in [3.05, 3.63) is 64.1 Å². The van der Waals surface area contributed by atoms with Gasteiger partial charge in [-0.05, 0) is 54.0 Å². The van der Waals surface area contributed by atoms with Crippen molar-refractivity contribution in [2.75, 3.05) is 5.32 Å². The number of rotatable bonds is 3. The molecule has 0 atom stereocenters. The number of nitrogens with one attached hydrogen (secondary N) is 2. The van der Waals surface area contributed by atoms with Gasteiger partial charge in [0.05, 0.1) is 0 Å². The Balaban J connectivity index is 1.97. The predicted molar refractivity (Wildman–Crippen MR) is 98.4 cm³/mol. The maximum atomic E-state index is 12.1. The minimum Gasteiger partial charge on any atom is -0.332 e. The normalized spacial score (nSPS) is 10.4. The van der Waals surface area contributed by atoms with E-state index in [0.717, 1.165) is 10.2 Å². The summed E-state index contributed by atoms with van der Waals surface area (Å²) < 4.78 is 0.941. The van der Waals surface area contributed by atoms with Crippen LogP contribution in [0.3, 0.4) is 0 Å². The number of carbonyl (C=O) groups is 1. The van der Waals surface area contributed by atoms with E-state index in [-0.39, 0.29) is 11.0 Å². The second-order valence-electron chi connectivity index (χ2n) is 5.20. The van der Waals surface area contributed by atoms with Crippen molar-refractivity contribution in [3.8, 4) is 0 Å². The lowest BCUT2D eigenvalue weighted by Gasteiger charge is -2.10. The van der Waals surface area contributed by atoms with E-state index < -0.39 is 0 Å². The summed E-state index contributed by atoms with van der Waals surface area (Å²) >= 11 is 8.55. The third-order valence-corrected chi connectivity index (χ3v) is 3.85. The van der Waals surface area contributed by atoms with Crippen LogP contribution in [0.4, 0.5) is 5.69 Å². The molecule has 2 aromatic carbocycles. The third-order valence-electron chi connectivity index (χ3n) is 3.15. The van der Waals surface area contributed by atoms with Crippen molar-refractivity contribution < 1.29 is 4.79 Å². The zero-order valence-corrected chi connectivity index (χ0v) is 14.8. The van der Waals surface area contributed by atoms with Crippen LogP contribution < -0.4 is 10.6 Å². The smallest absolute Gasteiger partial charge is 0.257 e. The number of hydrogen-bond donors (Lipinski definition) is 2. The number of amides is 1. The van der Waals surface area contributed by atoms with E-state index >= 15 is 0 Å². The molecule has 0 heterocycles. The van der Waals surface area contributed by atoms with Gasteiger partial charge in [0.2, 0.25) is 0 Å². The SMILES string of the molecule is CC(C)c1ccc(C(=O)NC(=S)Nc2cccc(Br)c2)cc1. The molecule has 114 valence electrons. The molecule has 0 bridgehead atoms. The Kier molecular flexibility index (Phi) is 5.69. The van der Waals surface area contributed by atoms with Gasteiger partial charge in [-0.25, -0.2) is 0 Å². The van der Waals surface area contributed by atoms with Gasteiger partial charge in [-0.1, -0.05) is 48.0 Å². The zero-order valence-electron chi connectivity index (χ0n) is 12.4. The van der Waals surface area contributed by atoms with E-state index in [1.165, 1.54) is 5.56 Å². The van der Waals surface area contributed by atoms with Gasteiger partial charge >= 0.3 is 0 Å². The zero-order chi connectivity index (χ0) is 16.1. The second kappa shape index (κ2) is 7.51. The van der Waals surface area contributed by atoms with Gasteiger partial charge < -0.3 is 5.32 Å². The molecule has 2 N–H and O–H groups in total. The summed E-state index contributed by atoms with van der Waals surface area (Å²) in [5, 5.41) is 5.94. The average Bonchev–Trinajstić information content (AvgIpc) is 2.47. The van der Waals surface area contributed by atoms with Gasteiger partial charge in [-0.2, -0.15) is 0 Å². The van der Waals surface area contributed by atoms with Crippen molar-refractivity contribution in [1.82, 2.24) is 5.32 Å². The Labute approximate surface area is 144 Å². The summed E-state index contributed by atoms with van der Waals surface area (Å²) in [5.74, 6) is 0.221. The first-order valence-corrected chi connectivity index (χ1v) is 8.13. The molecule has 0 aromatic heterocycles. The third kappa shape index (κ3) is 4.64. The van der Waals surface area contributed by atoms with Crippen molar-refractivity contribution in [2.45, 2.75) is 19.8 Å². The molecule has 2 rings (SSSR count). The van der Waals surface area contributed by atoms with E-state index in [9.17, 15) is 4.79 Å².